The number of nitrogens with zero attached hydrogens (tertiary/aromatic N) is 3. The molecule has 0 aromatic carbocycles. The van der Waals surface area contributed by atoms with Crippen LogP contribution < -0.4 is 10.6 Å². The molecule has 0 radical (unpaired) electrons. The molecule has 0 unspecified atom stereocenters. The van der Waals surface area contributed by atoms with E-state index in [1.165, 1.54) is 6.33 Å². The van der Waals surface area contributed by atoms with Crippen molar-refractivity contribution >= 4 is 11.6 Å². The molecule has 3 N–H and O–H groups in total. The van der Waals surface area contributed by atoms with Crippen LogP contribution in [0.15, 0.2) is 6.33 Å². The highest BCUT2D eigenvalue weighted by Gasteiger charge is 2.14. The zero-order valence-corrected chi connectivity index (χ0v) is 11.1. The van der Waals surface area contributed by atoms with Crippen LogP contribution in [0.2, 0.25) is 0 Å². The van der Waals surface area contributed by atoms with Gasteiger partial charge in [-0.25, -0.2) is 9.97 Å². The van der Waals surface area contributed by atoms with E-state index >= 15 is 0 Å². The number of ether oxygens (including phenoxy) is 1. The third-order valence-electron chi connectivity index (χ3n) is 2.69. The maximum absolute atomic E-state index is 9.13. The van der Waals surface area contributed by atoms with Gasteiger partial charge in [-0.1, -0.05) is 13.3 Å². The molecule has 0 saturated heterocycles. The van der Waals surface area contributed by atoms with E-state index < -0.39 is 0 Å². The summed E-state index contributed by atoms with van der Waals surface area (Å²) in [4.78, 5) is 10.3. The van der Waals surface area contributed by atoms with Crippen molar-refractivity contribution in [1.29, 1.82) is 0 Å². The average molecular weight is 254 g/mol. The molecule has 0 aliphatic heterocycles. The average Bonchev–Trinajstić information content (AvgIpc) is 2.37. The second-order valence-corrected chi connectivity index (χ2v) is 4.01. The molecule has 0 atom stereocenters. The topological polar surface area (TPSA) is 84.5 Å². The first kappa shape index (κ1) is 14.7. The Morgan fingerprint density at radius 3 is 2.78 bits per heavy atom. The Bertz CT molecular complexity index is 360. The van der Waals surface area contributed by atoms with Gasteiger partial charge in [0.1, 0.15) is 18.0 Å². The predicted octanol–water partition coefficient (Wildman–Crippen LogP) is 0.456. The van der Waals surface area contributed by atoms with Crippen LogP contribution in [0, 0.1) is 0 Å². The summed E-state index contributed by atoms with van der Waals surface area (Å²) in [5, 5.41) is 9.13. The fourth-order valence-electron chi connectivity index (χ4n) is 1.82. The molecule has 1 rings (SSSR count). The van der Waals surface area contributed by atoms with Gasteiger partial charge in [-0.15, -0.1) is 0 Å². The fourth-order valence-corrected chi connectivity index (χ4v) is 1.82. The third-order valence-corrected chi connectivity index (χ3v) is 2.69. The lowest BCUT2D eigenvalue weighted by Gasteiger charge is -2.25. The van der Waals surface area contributed by atoms with Gasteiger partial charge in [-0.2, -0.15) is 0 Å². The standard InChI is InChI=1S/C12H22N4O2/c1-3-4-10-11(13)14-9-15-12(10)16(5-7-17)6-8-18-2/h9,17H,3-8H2,1-2H3,(H2,13,14,15). The Morgan fingerprint density at radius 2 is 2.17 bits per heavy atom. The van der Waals surface area contributed by atoms with Crippen LogP contribution >= 0.6 is 0 Å². The molecule has 18 heavy (non-hydrogen) atoms. The summed E-state index contributed by atoms with van der Waals surface area (Å²) in [5.74, 6) is 1.32. The number of rotatable bonds is 8. The zero-order valence-electron chi connectivity index (χ0n) is 11.1. The lowest BCUT2D eigenvalue weighted by atomic mass is 10.1. The summed E-state index contributed by atoms with van der Waals surface area (Å²) in [7, 11) is 1.65. The highest BCUT2D eigenvalue weighted by molar-refractivity contribution is 5.56. The minimum absolute atomic E-state index is 0.0686. The smallest absolute Gasteiger partial charge is 0.137 e. The SMILES string of the molecule is CCCc1c(N)ncnc1N(CCO)CCOC. The molecule has 0 bridgehead atoms. The summed E-state index contributed by atoms with van der Waals surface area (Å²) in [6.45, 7) is 3.91. The van der Waals surface area contributed by atoms with E-state index in [0.717, 1.165) is 24.2 Å². The number of hydrogen-bond acceptors (Lipinski definition) is 6. The van der Waals surface area contributed by atoms with Gasteiger partial charge in [0.05, 0.1) is 13.2 Å². The van der Waals surface area contributed by atoms with Crippen molar-refractivity contribution < 1.29 is 9.84 Å². The second kappa shape index (κ2) is 7.84. The van der Waals surface area contributed by atoms with Crippen LogP contribution in [0.25, 0.3) is 0 Å². The molecule has 0 saturated carbocycles. The minimum Gasteiger partial charge on any atom is -0.395 e. The van der Waals surface area contributed by atoms with E-state index in [0.29, 0.717) is 25.5 Å². The molecule has 6 heteroatoms. The van der Waals surface area contributed by atoms with E-state index in [-0.39, 0.29) is 6.61 Å². The van der Waals surface area contributed by atoms with Gasteiger partial charge < -0.3 is 20.5 Å². The molecular formula is C12H22N4O2. The van der Waals surface area contributed by atoms with E-state index in [2.05, 4.69) is 16.9 Å². The normalized spacial score (nSPS) is 10.6. The lowest BCUT2D eigenvalue weighted by molar-refractivity contribution is 0.202. The van der Waals surface area contributed by atoms with E-state index in [4.69, 9.17) is 15.6 Å². The Hall–Kier alpha value is -1.40. The monoisotopic (exact) mass is 254 g/mol. The van der Waals surface area contributed by atoms with E-state index in [1.54, 1.807) is 7.11 Å². The van der Waals surface area contributed by atoms with Crippen LogP contribution in [-0.4, -0.2) is 48.5 Å². The number of aliphatic hydroxyl groups excluding tert-OH is 1. The number of methoxy groups -OCH3 is 1. The van der Waals surface area contributed by atoms with Crippen molar-refractivity contribution in [3.63, 3.8) is 0 Å². The maximum atomic E-state index is 9.13. The van der Waals surface area contributed by atoms with Gasteiger partial charge in [0.15, 0.2) is 0 Å². The van der Waals surface area contributed by atoms with E-state index in [1.807, 2.05) is 4.90 Å². The Balaban J connectivity index is 2.97. The first-order chi connectivity index (χ1) is 8.74. The molecule has 0 fully saturated rings. The van der Waals surface area contributed by atoms with Crippen molar-refractivity contribution in [1.82, 2.24) is 9.97 Å². The predicted molar refractivity (Wildman–Crippen MR) is 71.6 cm³/mol. The Labute approximate surface area is 108 Å². The van der Waals surface area contributed by atoms with Crippen LogP contribution in [0.4, 0.5) is 11.6 Å². The van der Waals surface area contributed by atoms with Gasteiger partial charge in [-0.05, 0) is 6.42 Å². The van der Waals surface area contributed by atoms with Gasteiger partial charge >= 0.3 is 0 Å². The largest absolute Gasteiger partial charge is 0.395 e. The first-order valence-electron chi connectivity index (χ1n) is 6.18. The second-order valence-electron chi connectivity index (χ2n) is 4.01. The van der Waals surface area contributed by atoms with Crippen LogP contribution in [-0.2, 0) is 11.2 Å². The zero-order chi connectivity index (χ0) is 13.4. The Kier molecular flexibility index (Phi) is 6.38. The van der Waals surface area contributed by atoms with Crippen LogP contribution in [0.3, 0.4) is 0 Å². The molecule has 6 nitrogen and oxygen atoms in total. The van der Waals surface area contributed by atoms with Gasteiger partial charge in [-0.3, -0.25) is 0 Å². The number of aliphatic hydroxyl groups is 1. The van der Waals surface area contributed by atoms with E-state index in [9.17, 15) is 0 Å². The van der Waals surface area contributed by atoms with Crippen molar-refractivity contribution in [3.05, 3.63) is 11.9 Å². The number of nitrogen functional groups attached to an aromatic ring is 1. The summed E-state index contributed by atoms with van der Waals surface area (Å²) in [6.07, 6.45) is 3.26. The summed E-state index contributed by atoms with van der Waals surface area (Å²) < 4.78 is 5.07. The van der Waals surface area contributed by atoms with Crippen LogP contribution in [0.5, 0.6) is 0 Å². The molecule has 0 amide bonds. The molecule has 0 aliphatic rings. The van der Waals surface area contributed by atoms with Crippen molar-refractivity contribution in [2.24, 2.45) is 0 Å². The molecule has 0 aliphatic carbocycles. The highest BCUT2D eigenvalue weighted by atomic mass is 16.5. The molecule has 0 spiro atoms. The minimum atomic E-state index is 0.0686. The molecule has 1 aromatic heterocycles. The van der Waals surface area contributed by atoms with Crippen molar-refractivity contribution in [2.75, 3.05) is 44.0 Å². The van der Waals surface area contributed by atoms with Gasteiger partial charge in [0.2, 0.25) is 0 Å². The molecule has 1 heterocycles. The van der Waals surface area contributed by atoms with Crippen molar-refractivity contribution in [3.8, 4) is 0 Å². The summed E-state index contributed by atoms with van der Waals surface area (Å²) >= 11 is 0. The summed E-state index contributed by atoms with van der Waals surface area (Å²) in [5.41, 5.74) is 6.85. The number of anilines is 2. The maximum Gasteiger partial charge on any atom is 0.137 e. The Morgan fingerprint density at radius 1 is 1.39 bits per heavy atom. The first-order valence-corrected chi connectivity index (χ1v) is 6.18. The summed E-state index contributed by atoms with van der Waals surface area (Å²) in [6, 6.07) is 0. The lowest BCUT2D eigenvalue weighted by Crippen LogP contribution is -2.32. The molecule has 1 aromatic rings. The highest BCUT2D eigenvalue weighted by Crippen LogP contribution is 2.22. The van der Waals surface area contributed by atoms with Gasteiger partial charge in [0, 0.05) is 25.8 Å². The number of aromatic nitrogens is 2. The molecule has 102 valence electrons. The fraction of sp³-hybridized carbons (Fsp3) is 0.667. The number of hydrogen-bond donors (Lipinski definition) is 2. The molecular weight excluding hydrogens is 232 g/mol. The third kappa shape index (κ3) is 3.82. The van der Waals surface area contributed by atoms with Crippen LogP contribution in [0.1, 0.15) is 18.9 Å². The van der Waals surface area contributed by atoms with Crippen molar-refractivity contribution in [2.45, 2.75) is 19.8 Å². The number of nitrogens with two attached hydrogens (primary N) is 1. The van der Waals surface area contributed by atoms with Gasteiger partial charge in [0.25, 0.3) is 0 Å². The quantitative estimate of drug-likeness (QED) is 0.701.